The van der Waals surface area contributed by atoms with E-state index in [1.807, 2.05) is 0 Å². The molecule has 0 aliphatic heterocycles. The van der Waals surface area contributed by atoms with Gasteiger partial charge >= 0.3 is 0 Å². The molecule has 2 bridgehead atoms. The van der Waals surface area contributed by atoms with Crippen LogP contribution in [0.5, 0.6) is 0 Å². The highest BCUT2D eigenvalue weighted by Gasteiger charge is 2.41. The van der Waals surface area contributed by atoms with Crippen molar-refractivity contribution in [1.29, 1.82) is 0 Å². The van der Waals surface area contributed by atoms with E-state index < -0.39 is 0 Å². The second-order valence-electron chi connectivity index (χ2n) is 17.9. The largest absolute Gasteiger partial charge is 0.309 e. The molecule has 0 heterocycles. The van der Waals surface area contributed by atoms with Crippen molar-refractivity contribution in [2.24, 2.45) is 11.8 Å². The molecule has 3 atom stereocenters. The van der Waals surface area contributed by atoms with E-state index in [4.69, 9.17) is 0 Å². The lowest BCUT2D eigenvalue weighted by Gasteiger charge is -2.34. The highest BCUT2D eigenvalue weighted by molar-refractivity contribution is 6.05. The standard InChI is InChI=1S/C54H51N/c1-54(2)48-20-9-8-18-45(48)46-30-31-50(52(53(46)54)42-25-24-36-12-6-7-15-40(36)34-42)55(43-28-26-38(27-29-43)47-33-35-22-23-41(47)32-35)49-21-11-17-39-16-10-19-44(51(39)49)37-13-4-3-5-14-37/h6-12,15-21,24-31,34-35,37,41,47H,3-5,13-14,22-23,32-33H2,1-2H3. The van der Waals surface area contributed by atoms with Gasteiger partial charge in [0.1, 0.15) is 0 Å². The van der Waals surface area contributed by atoms with Crippen molar-refractivity contribution in [3.8, 4) is 22.3 Å². The van der Waals surface area contributed by atoms with Crippen LogP contribution in [0.25, 0.3) is 43.8 Å². The molecule has 3 fully saturated rings. The molecule has 272 valence electrons. The maximum atomic E-state index is 2.66. The highest BCUT2D eigenvalue weighted by atomic mass is 15.1. The van der Waals surface area contributed by atoms with Gasteiger partial charge in [0, 0.05) is 22.1 Å². The second kappa shape index (κ2) is 13.0. The molecule has 3 unspecified atom stereocenters. The molecule has 7 aromatic rings. The first kappa shape index (κ1) is 33.2. The first-order valence-corrected chi connectivity index (χ1v) is 21.2. The summed E-state index contributed by atoms with van der Waals surface area (Å²) >= 11 is 0. The van der Waals surface area contributed by atoms with Crippen molar-refractivity contribution in [1.82, 2.24) is 0 Å². The Morgan fingerprint density at radius 2 is 1.33 bits per heavy atom. The Hall–Kier alpha value is -5.14. The van der Waals surface area contributed by atoms with Crippen LogP contribution in [0, 0.1) is 11.8 Å². The van der Waals surface area contributed by atoms with E-state index >= 15 is 0 Å². The van der Waals surface area contributed by atoms with E-state index in [0.717, 1.165) is 11.8 Å². The zero-order chi connectivity index (χ0) is 36.7. The molecule has 55 heavy (non-hydrogen) atoms. The summed E-state index contributed by atoms with van der Waals surface area (Å²) in [6, 6.07) is 54.0. The van der Waals surface area contributed by atoms with E-state index in [9.17, 15) is 0 Å². The molecule has 4 aliphatic carbocycles. The molecule has 0 saturated heterocycles. The summed E-state index contributed by atoms with van der Waals surface area (Å²) in [5, 5.41) is 5.32. The van der Waals surface area contributed by atoms with Crippen LogP contribution in [0.2, 0.25) is 0 Å². The maximum absolute atomic E-state index is 2.66. The third-order valence-corrected chi connectivity index (χ3v) is 14.5. The van der Waals surface area contributed by atoms with Crippen LogP contribution in [0.15, 0.2) is 140 Å². The summed E-state index contributed by atoms with van der Waals surface area (Å²) in [7, 11) is 0. The van der Waals surface area contributed by atoms with Crippen molar-refractivity contribution in [3.05, 3.63) is 162 Å². The van der Waals surface area contributed by atoms with Crippen LogP contribution < -0.4 is 4.90 Å². The molecular weight excluding hydrogens is 663 g/mol. The normalized spacial score (nSPS) is 21.2. The average Bonchev–Trinajstić information content (AvgIpc) is 3.94. The van der Waals surface area contributed by atoms with E-state index in [1.54, 1.807) is 0 Å². The fourth-order valence-electron chi connectivity index (χ4n) is 11.9. The molecular formula is C54H51N. The average molecular weight is 714 g/mol. The fourth-order valence-corrected chi connectivity index (χ4v) is 11.9. The molecule has 0 spiro atoms. The Bertz CT molecular complexity index is 2580. The number of hydrogen-bond donors (Lipinski definition) is 0. The van der Waals surface area contributed by atoms with Crippen molar-refractivity contribution in [2.75, 3.05) is 4.90 Å². The van der Waals surface area contributed by atoms with Crippen molar-refractivity contribution in [2.45, 2.75) is 88.9 Å². The maximum Gasteiger partial charge on any atom is 0.0543 e. The molecule has 0 amide bonds. The Morgan fingerprint density at radius 3 is 2.13 bits per heavy atom. The summed E-state index contributed by atoms with van der Waals surface area (Å²) in [6.07, 6.45) is 12.2. The first-order valence-electron chi connectivity index (χ1n) is 21.2. The minimum absolute atomic E-state index is 0.174. The van der Waals surface area contributed by atoms with Gasteiger partial charge in [0.2, 0.25) is 0 Å². The molecule has 7 aromatic carbocycles. The number of anilines is 3. The summed E-state index contributed by atoms with van der Waals surface area (Å²) in [6.45, 7) is 4.89. The number of nitrogens with zero attached hydrogens (tertiary/aromatic N) is 1. The minimum atomic E-state index is -0.174. The van der Waals surface area contributed by atoms with Crippen LogP contribution in [0.1, 0.15) is 106 Å². The monoisotopic (exact) mass is 713 g/mol. The summed E-state index contributed by atoms with van der Waals surface area (Å²) in [5.74, 6) is 3.10. The zero-order valence-corrected chi connectivity index (χ0v) is 32.4. The molecule has 0 N–H and O–H groups in total. The number of fused-ring (bicyclic) bond motifs is 7. The third kappa shape index (κ3) is 5.33. The molecule has 4 aliphatic rings. The number of rotatable bonds is 6. The summed E-state index contributed by atoms with van der Waals surface area (Å²) < 4.78 is 0. The van der Waals surface area contributed by atoms with Gasteiger partial charge in [-0.3, -0.25) is 0 Å². The SMILES string of the molecule is CC1(C)c2ccccc2-c2ccc(N(c3ccc(C4CC5CCC4C5)cc3)c3cccc4cccc(C5CCCCC5)c34)c(-c3ccc4ccccc4c3)c21. The lowest BCUT2D eigenvalue weighted by Crippen LogP contribution is -2.19. The first-order chi connectivity index (χ1) is 27.0. The van der Waals surface area contributed by atoms with Gasteiger partial charge in [-0.1, -0.05) is 149 Å². The van der Waals surface area contributed by atoms with E-state index in [-0.39, 0.29) is 5.41 Å². The van der Waals surface area contributed by atoms with Gasteiger partial charge in [-0.05, 0) is 141 Å². The molecule has 0 radical (unpaired) electrons. The van der Waals surface area contributed by atoms with E-state index in [0.29, 0.717) is 11.8 Å². The Morgan fingerprint density at radius 1 is 0.564 bits per heavy atom. The van der Waals surface area contributed by atoms with Gasteiger partial charge in [0.25, 0.3) is 0 Å². The second-order valence-corrected chi connectivity index (χ2v) is 17.9. The Labute approximate surface area is 327 Å². The van der Waals surface area contributed by atoms with Crippen LogP contribution >= 0.6 is 0 Å². The zero-order valence-electron chi connectivity index (χ0n) is 32.4. The Balaban J connectivity index is 1.19. The van der Waals surface area contributed by atoms with Crippen LogP contribution in [0.3, 0.4) is 0 Å². The Kier molecular flexibility index (Phi) is 7.84. The van der Waals surface area contributed by atoms with E-state index in [1.165, 1.54) is 141 Å². The van der Waals surface area contributed by atoms with Gasteiger partial charge in [0.05, 0.1) is 11.4 Å². The van der Waals surface area contributed by atoms with Crippen LogP contribution in [0.4, 0.5) is 17.1 Å². The number of hydrogen-bond acceptors (Lipinski definition) is 1. The van der Waals surface area contributed by atoms with Gasteiger partial charge in [0.15, 0.2) is 0 Å². The number of benzene rings is 7. The lowest BCUT2D eigenvalue weighted by molar-refractivity contribution is 0.420. The quantitative estimate of drug-likeness (QED) is 0.166. The molecule has 1 heteroatoms. The van der Waals surface area contributed by atoms with Gasteiger partial charge in [-0.2, -0.15) is 0 Å². The van der Waals surface area contributed by atoms with Crippen molar-refractivity contribution >= 4 is 38.6 Å². The van der Waals surface area contributed by atoms with E-state index in [2.05, 4.69) is 158 Å². The minimum Gasteiger partial charge on any atom is -0.309 e. The topological polar surface area (TPSA) is 3.24 Å². The van der Waals surface area contributed by atoms with Gasteiger partial charge in [-0.15, -0.1) is 0 Å². The fraction of sp³-hybridized carbons (Fsp3) is 0.296. The predicted octanol–water partition coefficient (Wildman–Crippen LogP) is 15.4. The van der Waals surface area contributed by atoms with Gasteiger partial charge < -0.3 is 4.90 Å². The molecule has 3 saturated carbocycles. The third-order valence-electron chi connectivity index (χ3n) is 14.5. The predicted molar refractivity (Wildman–Crippen MR) is 233 cm³/mol. The highest BCUT2D eigenvalue weighted by Crippen LogP contribution is 2.57. The molecule has 11 rings (SSSR count). The van der Waals surface area contributed by atoms with Gasteiger partial charge in [-0.25, -0.2) is 0 Å². The van der Waals surface area contributed by atoms with Crippen molar-refractivity contribution < 1.29 is 0 Å². The lowest BCUT2D eigenvalue weighted by atomic mass is 9.77. The molecule has 0 aromatic heterocycles. The smallest absolute Gasteiger partial charge is 0.0543 e. The summed E-state index contributed by atoms with van der Waals surface area (Å²) in [4.78, 5) is 2.66. The van der Waals surface area contributed by atoms with Crippen LogP contribution in [-0.4, -0.2) is 0 Å². The van der Waals surface area contributed by atoms with Crippen LogP contribution in [-0.2, 0) is 5.41 Å². The molecule has 1 nitrogen and oxygen atoms in total. The van der Waals surface area contributed by atoms with Crippen molar-refractivity contribution in [3.63, 3.8) is 0 Å². The summed E-state index contributed by atoms with van der Waals surface area (Å²) in [5.41, 5.74) is 14.9.